The lowest BCUT2D eigenvalue weighted by atomic mass is 10.2. The van der Waals surface area contributed by atoms with Gasteiger partial charge in [-0.1, -0.05) is 6.07 Å². The molecule has 1 rings (SSSR count). The molecule has 0 aliphatic carbocycles. The molecule has 1 N–H and O–H groups in total. The largest absolute Gasteiger partial charge is 0.492 e. The number of benzene rings is 1. The zero-order valence-corrected chi connectivity index (χ0v) is 9.60. The molecular formula is C10H14NO3S. The molecule has 0 aliphatic heterocycles. The Morgan fingerprint density at radius 1 is 1.53 bits per heavy atom. The Labute approximate surface area is 90.3 Å². The van der Waals surface area contributed by atoms with Gasteiger partial charge < -0.3 is 4.74 Å². The first-order valence-electron chi connectivity index (χ1n) is 4.53. The molecule has 1 aromatic rings. The molecule has 83 valence electrons. The van der Waals surface area contributed by atoms with Gasteiger partial charge in [0.1, 0.15) is 12.4 Å². The van der Waals surface area contributed by atoms with Crippen molar-refractivity contribution in [1.29, 1.82) is 0 Å². The van der Waals surface area contributed by atoms with Crippen molar-refractivity contribution in [3.8, 4) is 5.75 Å². The number of nitrogens with one attached hydrogen (secondary N) is 1. The van der Waals surface area contributed by atoms with Gasteiger partial charge in [-0.2, -0.15) is 0 Å². The first kappa shape index (κ1) is 12.0. The summed E-state index contributed by atoms with van der Waals surface area (Å²) < 4.78 is 29.1. The zero-order chi connectivity index (χ0) is 11.3. The van der Waals surface area contributed by atoms with Crippen LogP contribution in [0, 0.1) is 13.0 Å². The van der Waals surface area contributed by atoms with Crippen LogP contribution in [-0.4, -0.2) is 27.8 Å². The molecule has 0 aliphatic rings. The van der Waals surface area contributed by atoms with Crippen LogP contribution in [0.5, 0.6) is 5.75 Å². The third-order valence-corrected chi connectivity index (χ3v) is 2.38. The molecule has 0 amide bonds. The van der Waals surface area contributed by atoms with E-state index in [0.29, 0.717) is 6.61 Å². The van der Waals surface area contributed by atoms with E-state index in [-0.39, 0.29) is 6.54 Å². The second kappa shape index (κ2) is 5.14. The maximum atomic E-state index is 10.7. The molecule has 1 radical (unpaired) electrons. The fraction of sp³-hybridized carbons (Fsp3) is 0.400. The molecule has 0 fully saturated rings. The predicted molar refractivity (Wildman–Crippen MR) is 58.4 cm³/mol. The highest BCUT2D eigenvalue weighted by molar-refractivity contribution is 7.88. The lowest BCUT2D eigenvalue weighted by Crippen LogP contribution is -2.26. The van der Waals surface area contributed by atoms with Crippen LogP contribution < -0.4 is 9.46 Å². The van der Waals surface area contributed by atoms with E-state index in [9.17, 15) is 8.42 Å². The normalized spacial score (nSPS) is 11.3. The minimum absolute atomic E-state index is 0.274. The van der Waals surface area contributed by atoms with Gasteiger partial charge in [0.25, 0.3) is 0 Å². The summed E-state index contributed by atoms with van der Waals surface area (Å²) in [5.41, 5.74) is 0.989. The van der Waals surface area contributed by atoms with Crippen molar-refractivity contribution in [2.75, 3.05) is 19.4 Å². The van der Waals surface area contributed by atoms with E-state index in [1.54, 1.807) is 12.1 Å². The molecule has 0 atom stereocenters. The lowest BCUT2D eigenvalue weighted by Gasteiger charge is -2.06. The highest BCUT2D eigenvalue weighted by Gasteiger charge is 1.99. The summed E-state index contributed by atoms with van der Waals surface area (Å²) in [7, 11) is -3.12. The molecular weight excluding hydrogens is 214 g/mol. The number of aryl methyl sites for hydroxylation is 1. The third-order valence-electron chi connectivity index (χ3n) is 1.65. The molecule has 0 saturated carbocycles. The van der Waals surface area contributed by atoms with E-state index < -0.39 is 10.0 Å². The monoisotopic (exact) mass is 228 g/mol. The second-order valence-electron chi connectivity index (χ2n) is 3.22. The Kier molecular flexibility index (Phi) is 4.11. The summed E-state index contributed by atoms with van der Waals surface area (Å²) in [6.07, 6.45) is 1.12. The van der Waals surface area contributed by atoms with Gasteiger partial charge in [-0.05, 0) is 30.7 Å². The van der Waals surface area contributed by atoms with Crippen LogP contribution in [0.2, 0.25) is 0 Å². The molecule has 1 aromatic carbocycles. The Morgan fingerprint density at radius 3 is 2.87 bits per heavy atom. The van der Waals surface area contributed by atoms with Crippen molar-refractivity contribution >= 4 is 10.0 Å². The smallest absolute Gasteiger partial charge is 0.208 e. The molecule has 4 nitrogen and oxygen atoms in total. The Bertz CT molecular complexity index is 414. The Morgan fingerprint density at radius 2 is 2.27 bits per heavy atom. The van der Waals surface area contributed by atoms with E-state index in [0.717, 1.165) is 17.6 Å². The van der Waals surface area contributed by atoms with E-state index in [1.807, 2.05) is 13.0 Å². The van der Waals surface area contributed by atoms with Gasteiger partial charge in [0.05, 0.1) is 6.26 Å². The highest BCUT2D eigenvalue weighted by Crippen LogP contribution is 2.11. The van der Waals surface area contributed by atoms with Gasteiger partial charge in [-0.3, -0.25) is 0 Å². The Hall–Kier alpha value is -1.07. The van der Waals surface area contributed by atoms with Crippen molar-refractivity contribution in [3.05, 3.63) is 29.8 Å². The fourth-order valence-electron chi connectivity index (χ4n) is 1.04. The topological polar surface area (TPSA) is 55.4 Å². The van der Waals surface area contributed by atoms with Crippen molar-refractivity contribution in [3.63, 3.8) is 0 Å². The minimum atomic E-state index is -3.12. The minimum Gasteiger partial charge on any atom is -0.492 e. The van der Waals surface area contributed by atoms with Gasteiger partial charge in [-0.15, -0.1) is 0 Å². The maximum absolute atomic E-state index is 10.7. The summed E-state index contributed by atoms with van der Waals surface area (Å²) in [4.78, 5) is 0. The zero-order valence-electron chi connectivity index (χ0n) is 8.78. The molecule has 0 spiro atoms. The molecule has 5 heteroatoms. The van der Waals surface area contributed by atoms with Gasteiger partial charge in [0.15, 0.2) is 0 Å². The van der Waals surface area contributed by atoms with Crippen LogP contribution in [-0.2, 0) is 10.0 Å². The van der Waals surface area contributed by atoms with Crippen LogP contribution in [0.4, 0.5) is 0 Å². The fourth-order valence-corrected chi connectivity index (χ4v) is 1.50. The van der Waals surface area contributed by atoms with Crippen LogP contribution in [0.3, 0.4) is 0 Å². The van der Waals surface area contributed by atoms with Gasteiger partial charge >= 0.3 is 0 Å². The number of rotatable bonds is 5. The van der Waals surface area contributed by atoms with E-state index in [2.05, 4.69) is 10.8 Å². The van der Waals surface area contributed by atoms with E-state index in [4.69, 9.17) is 4.74 Å². The number of hydrogen-bond acceptors (Lipinski definition) is 3. The number of hydrogen-bond donors (Lipinski definition) is 1. The van der Waals surface area contributed by atoms with Crippen LogP contribution in [0.1, 0.15) is 5.56 Å². The van der Waals surface area contributed by atoms with Gasteiger partial charge in [0, 0.05) is 6.54 Å². The third kappa shape index (κ3) is 5.39. The number of sulfonamides is 1. The van der Waals surface area contributed by atoms with Gasteiger partial charge in [0.2, 0.25) is 10.0 Å². The van der Waals surface area contributed by atoms with Crippen molar-refractivity contribution in [1.82, 2.24) is 4.72 Å². The summed E-state index contributed by atoms with van der Waals surface area (Å²) in [5, 5.41) is 0. The molecule has 0 aromatic heterocycles. The molecule has 0 bridgehead atoms. The standard InChI is InChI=1S/C10H14NO3S/c1-9-4-3-5-10(8-9)14-7-6-11-15(2,12)13/h3,5,8,11H,6-7H2,1-2H3. The molecule has 15 heavy (non-hydrogen) atoms. The van der Waals surface area contributed by atoms with E-state index in [1.165, 1.54) is 0 Å². The van der Waals surface area contributed by atoms with Crippen LogP contribution in [0.15, 0.2) is 18.2 Å². The summed E-state index contributed by atoms with van der Waals surface area (Å²) in [5.74, 6) is 0.724. The summed E-state index contributed by atoms with van der Waals surface area (Å²) >= 11 is 0. The Balaban J connectivity index is 2.32. The summed E-state index contributed by atoms with van der Waals surface area (Å²) in [6, 6.07) is 8.40. The van der Waals surface area contributed by atoms with Gasteiger partial charge in [-0.25, -0.2) is 13.1 Å². The van der Waals surface area contributed by atoms with Crippen molar-refractivity contribution < 1.29 is 13.2 Å². The van der Waals surface area contributed by atoms with Crippen molar-refractivity contribution in [2.45, 2.75) is 6.92 Å². The van der Waals surface area contributed by atoms with Crippen LogP contribution >= 0.6 is 0 Å². The summed E-state index contributed by atoms with van der Waals surface area (Å²) in [6.45, 7) is 2.51. The lowest BCUT2D eigenvalue weighted by molar-refractivity contribution is 0.323. The molecule has 0 heterocycles. The van der Waals surface area contributed by atoms with Crippen LogP contribution in [0.25, 0.3) is 0 Å². The highest BCUT2D eigenvalue weighted by atomic mass is 32.2. The second-order valence-corrected chi connectivity index (χ2v) is 5.06. The average Bonchev–Trinajstić information content (AvgIpc) is 2.11. The molecule has 0 saturated heterocycles. The number of ether oxygens (including phenoxy) is 1. The first-order chi connectivity index (χ1) is 6.97. The van der Waals surface area contributed by atoms with Crippen molar-refractivity contribution in [2.24, 2.45) is 0 Å². The average molecular weight is 228 g/mol. The quantitative estimate of drug-likeness (QED) is 0.756. The SMILES string of the molecule is Cc1[c]ccc(OCCNS(C)(=O)=O)c1. The first-order valence-corrected chi connectivity index (χ1v) is 6.42. The molecule has 0 unspecified atom stereocenters. The van der Waals surface area contributed by atoms with E-state index >= 15 is 0 Å². The predicted octanol–water partition coefficient (Wildman–Crippen LogP) is 0.723. The maximum Gasteiger partial charge on any atom is 0.208 e.